The molecule has 0 spiro atoms. The molecule has 5 nitrogen and oxygen atoms in total. The Morgan fingerprint density at radius 1 is 1.08 bits per heavy atom. The van der Waals surface area contributed by atoms with Crippen LogP contribution in [-0.4, -0.2) is 33.2 Å². The number of amides is 1. The first-order chi connectivity index (χ1) is 12.0. The predicted octanol–water partition coefficient (Wildman–Crippen LogP) is 3.44. The van der Waals surface area contributed by atoms with Gasteiger partial charge in [-0.05, 0) is 54.8 Å². The summed E-state index contributed by atoms with van der Waals surface area (Å²) in [5.74, 6) is 1.32. The van der Waals surface area contributed by atoms with Crippen LogP contribution in [0.25, 0.3) is 0 Å². The van der Waals surface area contributed by atoms with E-state index in [1.807, 2.05) is 37.3 Å². The standard InChI is InChI=1S/C19H23ClN2O3/c1-13-10-15(20)5-6-16(13)22-12-19(23)21-9-8-14-4-7-17(24-2)18(11-14)25-3/h4-7,10-11,22H,8-9,12H2,1-3H3,(H,21,23). The predicted molar refractivity (Wildman–Crippen MR) is 101 cm³/mol. The van der Waals surface area contributed by atoms with Crippen LogP contribution >= 0.6 is 11.6 Å². The molecule has 0 aliphatic rings. The van der Waals surface area contributed by atoms with Gasteiger partial charge in [0.1, 0.15) is 0 Å². The van der Waals surface area contributed by atoms with Crippen LogP contribution in [0.2, 0.25) is 5.02 Å². The van der Waals surface area contributed by atoms with Crippen molar-refractivity contribution >= 4 is 23.2 Å². The lowest BCUT2D eigenvalue weighted by Crippen LogP contribution is -2.31. The lowest BCUT2D eigenvalue weighted by atomic mass is 10.1. The molecule has 0 radical (unpaired) electrons. The number of nitrogens with one attached hydrogen (secondary N) is 2. The van der Waals surface area contributed by atoms with Crippen molar-refractivity contribution in [2.75, 3.05) is 32.6 Å². The zero-order chi connectivity index (χ0) is 18.2. The van der Waals surface area contributed by atoms with E-state index >= 15 is 0 Å². The van der Waals surface area contributed by atoms with Gasteiger partial charge < -0.3 is 20.1 Å². The van der Waals surface area contributed by atoms with Gasteiger partial charge >= 0.3 is 0 Å². The molecule has 2 N–H and O–H groups in total. The van der Waals surface area contributed by atoms with E-state index in [2.05, 4.69) is 10.6 Å². The monoisotopic (exact) mass is 362 g/mol. The van der Waals surface area contributed by atoms with Gasteiger partial charge in [-0.1, -0.05) is 17.7 Å². The quantitative estimate of drug-likeness (QED) is 0.755. The van der Waals surface area contributed by atoms with Gasteiger partial charge in [0, 0.05) is 17.3 Å². The number of methoxy groups -OCH3 is 2. The number of hydrogen-bond donors (Lipinski definition) is 2. The molecule has 0 fully saturated rings. The molecule has 0 aliphatic carbocycles. The van der Waals surface area contributed by atoms with Gasteiger partial charge in [-0.2, -0.15) is 0 Å². The summed E-state index contributed by atoms with van der Waals surface area (Å²) in [6.07, 6.45) is 0.714. The number of aryl methyl sites for hydroxylation is 1. The maximum Gasteiger partial charge on any atom is 0.239 e. The van der Waals surface area contributed by atoms with Crippen LogP contribution in [0.15, 0.2) is 36.4 Å². The van der Waals surface area contributed by atoms with Crippen molar-refractivity contribution in [1.82, 2.24) is 5.32 Å². The summed E-state index contributed by atoms with van der Waals surface area (Å²) >= 11 is 5.92. The number of carbonyl (C=O) groups is 1. The molecule has 0 atom stereocenters. The van der Waals surface area contributed by atoms with Crippen LogP contribution < -0.4 is 20.1 Å². The van der Waals surface area contributed by atoms with Gasteiger partial charge in [0.15, 0.2) is 11.5 Å². The summed E-state index contributed by atoms with van der Waals surface area (Å²) in [5, 5.41) is 6.70. The summed E-state index contributed by atoms with van der Waals surface area (Å²) in [5.41, 5.74) is 2.98. The van der Waals surface area contributed by atoms with Crippen LogP contribution in [-0.2, 0) is 11.2 Å². The number of anilines is 1. The molecule has 0 heterocycles. The van der Waals surface area contributed by atoms with Crippen molar-refractivity contribution < 1.29 is 14.3 Å². The molecule has 0 saturated heterocycles. The summed E-state index contributed by atoms with van der Waals surface area (Å²) in [4.78, 5) is 12.0. The fourth-order valence-corrected chi connectivity index (χ4v) is 2.67. The summed E-state index contributed by atoms with van der Waals surface area (Å²) in [6, 6.07) is 11.3. The smallest absolute Gasteiger partial charge is 0.239 e. The SMILES string of the molecule is COc1ccc(CCNC(=O)CNc2ccc(Cl)cc2C)cc1OC. The van der Waals surface area contributed by atoms with Gasteiger partial charge in [-0.25, -0.2) is 0 Å². The molecule has 1 amide bonds. The maximum atomic E-state index is 12.0. The minimum Gasteiger partial charge on any atom is -0.493 e. The minimum atomic E-state index is -0.0603. The Morgan fingerprint density at radius 2 is 1.84 bits per heavy atom. The first kappa shape index (κ1) is 18.9. The summed E-state index contributed by atoms with van der Waals surface area (Å²) < 4.78 is 10.5. The zero-order valence-corrected chi connectivity index (χ0v) is 15.4. The van der Waals surface area contributed by atoms with Crippen LogP contribution in [0.5, 0.6) is 11.5 Å². The minimum absolute atomic E-state index is 0.0603. The number of carbonyl (C=O) groups excluding carboxylic acids is 1. The molecule has 0 aromatic heterocycles. The van der Waals surface area contributed by atoms with Crippen molar-refractivity contribution in [2.24, 2.45) is 0 Å². The lowest BCUT2D eigenvalue weighted by molar-refractivity contribution is -0.119. The highest BCUT2D eigenvalue weighted by atomic mass is 35.5. The molecule has 0 aliphatic heterocycles. The normalized spacial score (nSPS) is 10.2. The van der Waals surface area contributed by atoms with E-state index in [0.29, 0.717) is 29.5 Å². The van der Waals surface area contributed by atoms with E-state index in [1.165, 1.54) is 0 Å². The Kier molecular flexibility index (Phi) is 6.95. The number of halogens is 1. The number of benzene rings is 2. The van der Waals surface area contributed by atoms with Gasteiger partial charge in [0.25, 0.3) is 0 Å². The van der Waals surface area contributed by atoms with Crippen molar-refractivity contribution in [2.45, 2.75) is 13.3 Å². The van der Waals surface area contributed by atoms with E-state index in [1.54, 1.807) is 20.3 Å². The highest BCUT2D eigenvalue weighted by Crippen LogP contribution is 2.27. The van der Waals surface area contributed by atoms with Gasteiger partial charge in [-0.3, -0.25) is 4.79 Å². The Labute approximate surface area is 153 Å². The molecular formula is C19H23ClN2O3. The largest absolute Gasteiger partial charge is 0.493 e. The van der Waals surface area contributed by atoms with Crippen molar-refractivity contribution in [3.63, 3.8) is 0 Å². The van der Waals surface area contributed by atoms with Crippen LogP contribution in [0, 0.1) is 6.92 Å². The molecule has 2 rings (SSSR count). The maximum absolute atomic E-state index is 12.0. The molecule has 0 unspecified atom stereocenters. The van der Waals surface area contributed by atoms with Crippen LogP contribution in [0.1, 0.15) is 11.1 Å². The second-order valence-corrected chi connectivity index (χ2v) is 6.04. The fraction of sp³-hybridized carbons (Fsp3) is 0.316. The molecule has 134 valence electrons. The molecule has 6 heteroatoms. The second kappa shape index (κ2) is 9.18. The molecule has 2 aromatic carbocycles. The number of hydrogen-bond acceptors (Lipinski definition) is 4. The van der Waals surface area contributed by atoms with E-state index in [-0.39, 0.29) is 12.5 Å². The summed E-state index contributed by atoms with van der Waals surface area (Å²) in [7, 11) is 3.21. The Hall–Kier alpha value is -2.40. The Bertz CT molecular complexity index is 735. The molecule has 0 bridgehead atoms. The number of rotatable bonds is 8. The molecule has 25 heavy (non-hydrogen) atoms. The van der Waals surface area contributed by atoms with Gasteiger partial charge in [0.2, 0.25) is 5.91 Å². The van der Waals surface area contributed by atoms with Crippen LogP contribution in [0.4, 0.5) is 5.69 Å². The highest BCUT2D eigenvalue weighted by molar-refractivity contribution is 6.30. The molecule has 2 aromatic rings. The Morgan fingerprint density at radius 3 is 2.52 bits per heavy atom. The lowest BCUT2D eigenvalue weighted by Gasteiger charge is -2.11. The highest BCUT2D eigenvalue weighted by Gasteiger charge is 2.06. The average Bonchev–Trinajstić information content (AvgIpc) is 2.60. The third-order valence-corrected chi connectivity index (χ3v) is 4.05. The first-order valence-electron chi connectivity index (χ1n) is 8.01. The fourth-order valence-electron chi connectivity index (χ4n) is 2.45. The van der Waals surface area contributed by atoms with E-state index in [4.69, 9.17) is 21.1 Å². The van der Waals surface area contributed by atoms with Crippen molar-refractivity contribution in [3.05, 3.63) is 52.5 Å². The van der Waals surface area contributed by atoms with Gasteiger partial charge in [-0.15, -0.1) is 0 Å². The Balaban J connectivity index is 1.78. The van der Waals surface area contributed by atoms with Gasteiger partial charge in [0.05, 0.1) is 20.8 Å². The average molecular weight is 363 g/mol. The second-order valence-electron chi connectivity index (χ2n) is 5.60. The topological polar surface area (TPSA) is 59.6 Å². The number of ether oxygens (including phenoxy) is 2. The van der Waals surface area contributed by atoms with Crippen LogP contribution in [0.3, 0.4) is 0 Å². The van der Waals surface area contributed by atoms with E-state index < -0.39 is 0 Å². The first-order valence-corrected chi connectivity index (χ1v) is 8.39. The third kappa shape index (κ3) is 5.57. The summed E-state index contributed by atoms with van der Waals surface area (Å²) in [6.45, 7) is 2.72. The van der Waals surface area contributed by atoms with Crippen molar-refractivity contribution in [1.29, 1.82) is 0 Å². The van der Waals surface area contributed by atoms with E-state index in [0.717, 1.165) is 16.8 Å². The molecule has 0 saturated carbocycles. The zero-order valence-electron chi connectivity index (χ0n) is 14.7. The van der Waals surface area contributed by atoms with Crippen molar-refractivity contribution in [3.8, 4) is 11.5 Å². The molecular weight excluding hydrogens is 340 g/mol. The third-order valence-electron chi connectivity index (χ3n) is 3.81. The van der Waals surface area contributed by atoms with E-state index in [9.17, 15) is 4.79 Å².